The van der Waals surface area contributed by atoms with Gasteiger partial charge in [-0.2, -0.15) is 0 Å². The van der Waals surface area contributed by atoms with Crippen LogP contribution in [0, 0.1) is 0 Å². The van der Waals surface area contributed by atoms with Crippen molar-refractivity contribution in [1.29, 1.82) is 0 Å². The summed E-state index contributed by atoms with van der Waals surface area (Å²) < 4.78 is 0. The zero-order valence-corrected chi connectivity index (χ0v) is 10.5. The first kappa shape index (κ1) is 13.8. The van der Waals surface area contributed by atoms with Crippen molar-refractivity contribution in [3.63, 3.8) is 0 Å². The van der Waals surface area contributed by atoms with Crippen LogP contribution in [0.2, 0.25) is 0 Å². The molecule has 0 aliphatic rings. The zero-order chi connectivity index (χ0) is 13.5. The number of carbonyl (C=O) groups is 1. The number of nitrogens with one attached hydrogen (secondary N) is 2. The minimum atomic E-state index is -0.203. The molecule has 5 N–H and O–H groups in total. The zero-order valence-electron chi connectivity index (χ0n) is 10.5. The average molecular weight is 250 g/mol. The Labute approximate surface area is 106 Å². The molecule has 0 atom stereocenters. The monoisotopic (exact) mass is 250 g/mol. The van der Waals surface area contributed by atoms with E-state index < -0.39 is 0 Å². The first-order valence-corrected chi connectivity index (χ1v) is 5.64. The number of hydrogen-bond donors (Lipinski definition) is 4. The van der Waals surface area contributed by atoms with Gasteiger partial charge in [-0.05, 0) is 19.4 Å². The van der Waals surface area contributed by atoms with Crippen molar-refractivity contribution in [2.45, 2.75) is 26.4 Å². The van der Waals surface area contributed by atoms with Crippen LogP contribution in [-0.4, -0.2) is 23.1 Å². The highest BCUT2D eigenvalue weighted by Crippen LogP contribution is 2.03. The molecule has 0 bridgehead atoms. The van der Waals surface area contributed by atoms with Gasteiger partial charge < -0.3 is 21.6 Å². The third-order valence-corrected chi connectivity index (χ3v) is 2.23. The molecule has 98 valence electrons. The van der Waals surface area contributed by atoms with Crippen LogP contribution in [-0.2, 0) is 6.54 Å². The van der Waals surface area contributed by atoms with Gasteiger partial charge in [0.1, 0.15) is 0 Å². The molecule has 0 aliphatic heterocycles. The minimum absolute atomic E-state index is 0.0621. The van der Waals surface area contributed by atoms with Crippen LogP contribution in [0.15, 0.2) is 29.4 Å². The van der Waals surface area contributed by atoms with Gasteiger partial charge >= 0.3 is 6.03 Å². The van der Waals surface area contributed by atoms with Crippen molar-refractivity contribution in [3.8, 4) is 0 Å². The Morgan fingerprint density at radius 2 is 2.00 bits per heavy atom. The van der Waals surface area contributed by atoms with E-state index in [0.29, 0.717) is 12.1 Å². The summed E-state index contributed by atoms with van der Waals surface area (Å²) in [6, 6.07) is 6.98. The number of nitrogens with zero attached hydrogens (tertiary/aromatic N) is 1. The van der Waals surface area contributed by atoms with Gasteiger partial charge in [0.05, 0.1) is 0 Å². The molecule has 18 heavy (non-hydrogen) atoms. The minimum Gasteiger partial charge on any atom is -0.409 e. The lowest BCUT2D eigenvalue weighted by atomic mass is 10.1. The van der Waals surface area contributed by atoms with Crippen LogP contribution in [0.5, 0.6) is 0 Å². The van der Waals surface area contributed by atoms with Gasteiger partial charge in [-0.15, -0.1) is 0 Å². The molecule has 2 amide bonds. The van der Waals surface area contributed by atoms with E-state index >= 15 is 0 Å². The molecule has 0 unspecified atom stereocenters. The Balaban J connectivity index is 2.52. The van der Waals surface area contributed by atoms with Crippen molar-refractivity contribution < 1.29 is 10.0 Å². The average Bonchev–Trinajstić information content (AvgIpc) is 2.35. The van der Waals surface area contributed by atoms with Gasteiger partial charge in [0.15, 0.2) is 5.84 Å². The quantitative estimate of drug-likeness (QED) is 0.277. The number of amides is 2. The molecular formula is C12H18N4O2. The number of benzene rings is 1. The standard InChI is InChI=1S/C12H18N4O2/c1-8(2)15-12(17)14-7-9-3-5-10(6-4-9)11(13)16-18/h3-6,8,18H,7H2,1-2H3,(H2,13,16)(H2,14,15,17). The molecule has 6 heteroatoms. The lowest BCUT2D eigenvalue weighted by Gasteiger charge is -2.10. The van der Waals surface area contributed by atoms with Crippen LogP contribution in [0.1, 0.15) is 25.0 Å². The number of urea groups is 1. The summed E-state index contributed by atoms with van der Waals surface area (Å²) in [6.45, 7) is 4.21. The fourth-order valence-electron chi connectivity index (χ4n) is 1.35. The van der Waals surface area contributed by atoms with Crippen LogP contribution in [0.4, 0.5) is 4.79 Å². The summed E-state index contributed by atoms with van der Waals surface area (Å²) in [5.74, 6) is 0.0621. The van der Waals surface area contributed by atoms with Crippen molar-refractivity contribution >= 4 is 11.9 Å². The third-order valence-electron chi connectivity index (χ3n) is 2.23. The maximum Gasteiger partial charge on any atom is 0.315 e. The van der Waals surface area contributed by atoms with Gasteiger partial charge in [-0.3, -0.25) is 0 Å². The lowest BCUT2D eigenvalue weighted by Crippen LogP contribution is -2.39. The maximum atomic E-state index is 11.4. The third kappa shape index (κ3) is 4.32. The topological polar surface area (TPSA) is 99.7 Å². The molecule has 0 spiro atoms. The van der Waals surface area contributed by atoms with Crippen molar-refractivity contribution in [1.82, 2.24) is 10.6 Å². The first-order chi connectivity index (χ1) is 8.52. The number of amidine groups is 1. The Morgan fingerprint density at radius 1 is 1.39 bits per heavy atom. The summed E-state index contributed by atoms with van der Waals surface area (Å²) >= 11 is 0. The fraction of sp³-hybridized carbons (Fsp3) is 0.333. The van der Waals surface area contributed by atoms with Gasteiger partial charge in [0.25, 0.3) is 0 Å². The van der Waals surface area contributed by atoms with Crippen LogP contribution >= 0.6 is 0 Å². The molecule has 0 radical (unpaired) electrons. The van der Waals surface area contributed by atoms with Crippen molar-refractivity contribution in [2.24, 2.45) is 10.9 Å². The van der Waals surface area contributed by atoms with Crippen LogP contribution in [0.25, 0.3) is 0 Å². The summed E-state index contributed by atoms with van der Waals surface area (Å²) in [5.41, 5.74) is 7.01. The molecule has 1 aromatic rings. The predicted octanol–water partition coefficient (Wildman–Crippen LogP) is 0.989. The molecule has 0 aromatic heterocycles. The van der Waals surface area contributed by atoms with Crippen molar-refractivity contribution in [2.75, 3.05) is 0 Å². The number of hydrogen-bond acceptors (Lipinski definition) is 3. The van der Waals surface area contributed by atoms with E-state index in [1.54, 1.807) is 12.1 Å². The molecule has 1 aromatic carbocycles. The van der Waals surface area contributed by atoms with Gasteiger partial charge in [-0.1, -0.05) is 29.4 Å². The van der Waals surface area contributed by atoms with E-state index in [4.69, 9.17) is 10.9 Å². The summed E-state index contributed by atoms with van der Waals surface area (Å²) in [4.78, 5) is 11.4. The largest absolute Gasteiger partial charge is 0.409 e. The molecule has 0 heterocycles. The molecule has 0 aliphatic carbocycles. The first-order valence-electron chi connectivity index (χ1n) is 5.64. The summed E-state index contributed by atoms with van der Waals surface area (Å²) in [5, 5.41) is 16.9. The normalized spacial score (nSPS) is 11.4. The predicted molar refractivity (Wildman–Crippen MR) is 69.5 cm³/mol. The smallest absolute Gasteiger partial charge is 0.315 e. The fourth-order valence-corrected chi connectivity index (χ4v) is 1.35. The summed E-state index contributed by atoms with van der Waals surface area (Å²) in [7, 11) is 0. The van der Waals surface area contributed by atoms with E-state index in [1.807, 2.05) is 26.0 Å². The Bertz CT molecular complexity index is 426. The lowest BCUT2D eigenvalue weighted by molar-refractivity contribution is 0.238. The highest BCUT2D eigenvalue weighted by molar-refractivity contribution is 5.96. The second-order valence-electron chi connectivity index (χ2n) is 4.16. The second-order valence-corrected chi connectivity index (χ2v) is 4.16. The van der Waals surface area contributed by atoms with Crippen molar-refractivity contribution in [3.05, 3.63) is 35.4 Å². The number of carbonyl (C=O) groups excluding carboxylic acids is 1. The molecule has 1 rings (SSSR count). The van der Waals surface area contributed by atoms with Gasteiger partial charge in [-0.25, -0.2) is 4.79 Å². The van der Waals surface area contributed by atoms with E-state index in [9.17, 15) is 4.79 Å². The maximum absolute atomic E-state index is 11.4. The number of rotatable bonds is 4. The Morgan fingerprint density at radius 3 is 2.50 bits per heavy atom. The molecule has 6 nitrogen and oxygen atoms in total. The second kappa shape index (κ2) is 6.48. The van der Waals surface area contributed by atoms with Crippen LogP contribution < -0.4 is 16.4 Å². The van der Waals surface area contributed by atoms with E-state index in [0.717, 1.165) is 5.56 Å². The SMILES string of the molecule is CC(C)NC(=O)NCc1ccc(C(N)=NO)cc1. The Kier molecular flexibility index (Phi) is 4.98. The summed E-state index contributed by atoms with van der Waals surface area (Å²) in [6.07, 6.45) is 0. The number of oxime groups is 1. The highest BCUT2D eigenvalue weighted by atomic mass is 16.4. The molecule has 0 saturated carbocycles. The Hall–Kier alpha value is -2.24. The van der Waals surface area contributed by atoms with E-state index in [-0.39, 0.29) is 17.9 Å². The van der Waals surface area contributed by atoms with E-state index in [1.165, 1.54) is 0 Å². The van der Waals surface area contributed by atoms with E-state index in [2.05, 4.69) is 15.8 Å². The van der Waals surface area contributed by atoms with Crippen LogP contribution in [0.3, 0.4) is 0 Å². The van der Waals surface area contributed by atoms with Gasteiger partial charge in [0.2, 0.25) is 0 Å². The van der Waals surface area contributed by atoms with Gasteiger partial charge in [0, 0.05) is 18.2 Å². The number of nitrogens with two attached hydrogens (primary N) is 1. The molecule has 0 saturated heterocycles. The molecule has 0 fully saturated rings. The molecular weight excluding hydrogens is 232 g/mol. The highest BCUT2D eigenvalue weighted by Gasteiger charge is 2.03.